The average Bonchev–Trinajstić information content (AvgIpc) is 2.80. The highest BCUT2D eigenvalue weighted by molar-refractivity contribution is 7.09. The van der Waals surface area contributed by atoms with Crippen molar-refractivity contribution >= 4 is 11.3 Å². The minimum atomic E-state index is -0.183. The Morgan fingerprint density at radius 3 is 2.71 bits per heavy atom. The van der Waals surface area contributed by atoms with Gasteiger partial charge in [-0.2, -0.15) is 0 Å². The van der Waals surface area contributed by atoms with E-state index >= 15 is 0 Å². The second-order valence-corrected chi connectivity index (χ2v) is 6.20. The molecule has 17 heavy (non-hydrogen) atoms. The first-order chi connectivity index (χ1) is 8.34. The molecule has 0 aromatic carbocycles. The predicted octanol–water partition coefficient (Wildman–Crippen LogP) is 2.45. The standard InChI is InChI=1S/C13H19NO2S/c15-7-13(8-16-9-13)12-14-11(6-17-12)10-4-2-1-3-5-10/h6,10,15H,1-5,7-9H2. The number of aliphatic hydroxyl groups excluding tert-OH is 1. The molecule has 1 saturated carbocycles. The van der Waals surface area contributed by atoms with Crippen molar-refractivity contribution < 1.29 is 9.84 Å². The Kier molecular flexibility index (Phi) is 3.19. The number of aliphatic hydroxyl groups is 1. The summed E-state index contributed by atoms with van der Waals surface area (Å²) in [5, 5.41) is 12.8. The molecular formula is C13H19NO2S. The SMILES string of the molecule is OCC1(c2nc(C3CCCCC3)cs2)COC1. The van der Waals surface area contributed by atoms with Crippen molar-refractivity contribution in [2.75, 3.05) is 19.8 Å². The van der Waals surface area contributed by atoms with Crippen LogP contribution in [0.2, 0.25) is 0 Å². The molecule has 1 aliphatic carbocycles. The quantitative estimate of drug-likeness (QED) is 0.899. The molecule has 1 aliphatic heterocycles. The van der Waals surface area contributed by atoms with Gasteiger partial charge >= 0.3 is 0 Å². The molecule has 1 N–H and O–H groups in total. The van der Waals surface area contributed by atoms with Crippen molar-refractivity contribution in [1.82, 2.24) is 4.98 Å². The maximum atomic E-state index is 9.50. The third kappa shape index (κ3) is 2.02. The molecule has 3 nitrogen and oxygen atoms in total. The fraction of sp³-hybridized carbons (Fsp3) is 0.769. The number of thiazole rings is 1. The number of ether oxygens (including phenoxy) is 1. The van der Waals surface area contributed by atoms with Crippen LogP contribution in [0.1, 0.15) is 48.7 Å². The molecule has 3 rings (SSSR count). The Morgan fingerprint density at radius 2 is 2.12 bits per heavy atom. The number of rotatable bonds is 3. The predicted molar refractivity (Wildman–Crippen MR) is 67.5 cm³/mol. The molecule has 2 heterocycles. The van der Waals surface area contributed by atoms with Crippen molar-refractivity contribution in [3.63, 3.8) is 0 Å². The molecule has 0 spiro atoms. The summed E-state index contributed by atoms with van der Waals surface area (Å²) in [6.07, 6.45) is 6.62. The molecule has 1 aromatic heterocycles. The number of nitrogens with zero attached hydrogens (tertiary/aromatic N) is 1. The molecule has 4 heteroatoms. The van der Waals surface area contributed by atoms with Gasteiger partial charge in [-0.3, -0.25) is 0 Å². The van der Waals surface area contributed by atoms with Crippen molar-refractivity contribution in [1.29, 1.82) is 0 Å². The molecule has 0 bridgehead atoms. The smallest absolute Gasteiger partial charge is 0.106 e. The average molecular weight is 253 g/mol. The largest absolute Gasteiger partial charge is 0.395 e. The van der Waals surface area contributed by atoms with E-state index in [1.54, 1.807) is 11.3 Å². The highest BCUT2D eigenvalue weighted by Gasteiger charge is 2.42. The molecule has 1 aromatic rings. The van der Waals surface area contributed by atoms with Gasteiger partial charge in [0.05, 0.1) is 30.9 Å². The van der Waals surface area contributed by atoms with Gasteiger partial charge in [0.1, 0.15) is 5.01 Å². The first-order valence-corrected chi connectivity index (χ1v) is 7.36. The van der Waals surface area contributed by atoms with E-state index < -0.39 is 0 Å². The lowest BCUT2D eigenvalue weighted by molar-refractivity contribution is -0.0842. The maximum Gasteiger partial charge on any atom is 0.106 e. The first-order valence-electron chi connectivity index (χ1n) is 6.49. The van der Waals surface area contributed by atoms with Gasteiger partial charge in [-0.25, -0.2) is 4.98 Å². The van der Waals surface area contributed by atoms with E-state index in [9.17, 15) is 5.11 Å². The summed E-state index contributed by atoms with van der Waals surface area (Å²) in [7, 11) is 0. The van der Waals surface area contributed by atoms with Gasteiger partial charge in [0.2, 0.25) is 0 Å². The Bertz CT molecular complexity index is 375. The van der Waals surface area contributed by atoms with E-state index in [0.29, 0.717) is 19.1 Å². The third-order valence-electron chi connectivity index (χ3n) is 4.06. The second kappa shape index (κ2) is 4.67. The summed E-state index contributed by atoms with van der Waals surface area (Å²) in [6.45, 7) is 1.41. The van der Waals surface area contributed by atoms with Crippen LogP contribution in [-0.2, 0) is 10.2 Å². The Morgan fingerprint density at radius 1 is 1.35 bits per heavy atom. The summed E-state index contributed by atoms with van der Waals surface area (Å²) >= 11 is 1.70. The van der Waals surface area contributed by atoms with Crippen molar-refractivity contribution in [3.8, 4) is 0 Å². The molecular weight excluding hydrogens is 234 g/mol. The molecule has 0 amide bonds. The fourth-order valence-electron chi connectivity index (χ4n) is 2.75. The van der Waals surface area contributed by atoms with Crippen LogP contribution in [0.3, 0.4) is 0 Å². The highest BCUT2D eigenvalue weighted by Crippen LogP contribution is 2.38. The lowest BCUT2D eigenvalue weighted by Crippen LogP contribution is -2.49. The minimum Gasteiger partial charge on any atom is -0.395 e. The van der Waals surface area contributed by atoms with Crippen molar-refractivity contribution in [2.24, 2.45) is 0 Å². The summed E-state index contributed by atoms with van der Waals surface area (Å²) < 4.78 is 5.24. The van der Waals surface area contributed by atoms with Gasteiger partial charge in [0, 0.05) is 11.3 Å². The van der Waals surface area contributed by atoms with Gasteiger partial charge in [-0.1, -0.05) is 19.3 Å². The zero-order valence-corrected chi connectivity index (χ0v) is 10.8. The van der Waals surface area contributed by atoms with Crippen molar-refractivity contribution in [2.45, 2.75) is 43.4 Å². The highest BCUT2D eigenvalue weighted by atomic mass is 32.1. The van der Waals surface area contributed by atoms with E-state index in [0.717, 1.165) is 5.01 Å². The summed E-state index contributed by atoms with van der Waals surface area (Å²) in [4.78, 5) is 4.78. The van der Waals surface area contributed by atoms with Gasteiger partial charge in [-0.05, 0) is 12.8 Å². The van der Waals surface area contributed by atoms with Gasteiger partial charge < -0.3 is 9.84 Å². The van der Waals surface area contributed by atoms with Crippen LogP contribution in [-0.4, -0.2) is 29.9 Å². The number of hydrogen-bond acceptors (Lipinski definition) is 4. The molecule has 0 unspecified atom stereocenters. The maximum absolute atomic E-state index is 9.50. The second-order valence-electron chi connectivity index (χ2n) is 5.34. The fourth-order valence-corrected chi connectivity index (χ4v) is 3.81. The first kappa shape index (κ1) is 11.6. The Balaban J connectivity index is 1.77. The summed E-state index contributed by atoms with van der Waals surface area (Å²) in [5.41, 5.74) is 1.07. The van der Waals surface area contributed by atoms with Gasteiger partial charge in [0.25, 0.3) is 0 Å². The Hall–Kier alpha value is -0.450. The van der Waals surface area contributed by atoms with E-state index in [4.69, 9.17) is 9.72 Å². The topological polar surface area (TPSA) is 42.4 Å². The summed E-state index contributed by atoms with van der Waals surface area (Å²) in [6, 6.07) is 0. The van der Waals surface area contributed by atoms with Crippen LogP contribution in [0.25, 0.3) is 0 Å². The van der Waals surface area contributed by atoms with Crippen LogP contribution in [0.5, 0.6) is 0 Å². The number of hydrogen-bond donors (Lipinski definition) is 1. The molecule has 0 radical (unpaired) electrons. The van der Waals surface area contributed by atoms with E-state index in [-0.39, 0.29) is 12.0 Å². The normalized spacial score (nSPS) is 24.5. The van der Waals surface area contributed by atoms with E-state index in [1.165, 1.54) is 37.8 Å². The zero-order chi connectivity index (χ0) is 11.7. The Labute approximate surface area is 106 Å². The van der Waals surface area contributed by atoms with Crippen LogP contribution in [0.4, 0.5) is 0 Å². The zero-order valence-electron chi connectivity index (χ0n) is 10.0. The molecule has 0 atom stereocenters. The molecule has 2 fully saturated rings. The van der Waals surface area contributed by atoms with Crippen molar-refractivity contribution in [3.05, 3.63) is 16.1 Å². The van der Waals surface area contributed by atoms with Gasteiger partial charge in [0.15, 0.2) is 0 Å². The van der Waals surface area contributed by atoms with Crippen LogP contribution in [0.15, 0.2) is 5.38 Å². The monoisotopic (exact) mass is 253 g/mol. The molecule has 94 valence electrons. The summed E-state index contributed by atoms with van der Waals surface area (Å²) in [5.74, 6) is 0.658. The van der Waals surface area contributed by atoms with Gasteiger partial charge in [-0.15, -0.1) is 11.3 Å². The molecule has 2 aliphatic rings. The lowest BCUT2D eigenvalue weighted by Gasteiger charge is -2.37. The third-order valence-corrected chi connectivity index (χ3v) is 5.17. The van der Waals surface area contributed by atoms with E-state index in [1.807, 2.05) is 0 Å². The van der Waals surface area contributed by atoms with Crippen LogP contribution in [0, 0.1) is 0 Å². The van der Waals surface area contributed by atoms with Crippen LogP contribution >= 0.6 is 11.3 Å². The minimum absolute atomic E-state index is 0.157. The van der Waals surface area contributed by atoms with Crippen LogP contribution < -0.4 is 0 Å². The molecule has 1 saturated heterocycles. The lowest BCUT2D eigenvalue weighted by atomic mass is 9.86. The number of aromatic nitrogens is 1. The van der Waals surface area contributed by atoms with E-state index in [2.05, 4.69) is 5.38 Å².